The van der Waals surface area contributed by atoms with E-state index >= 15 is 0 Å². The molecule has 1 aromatic carbocycles. The second kappa shape index (κ2) is 7.90. The van der Waals surface area contributed by atoms with E-state index in [0.29, 0.717) is 6.54 Å². The van der Waals surface area contributed by atoms with Crippen molar-refractivity contribution in [3.05, 3.63) is 48.3 Å². The van der Waals surface area contributed by atoms with Crippen LogP contribution in [0.5, 0.6) is 0 Å². The van der Waals surface area contributed by atoms with E-state index in [1.807, 2.05) is 0 Å². The van der Waals surface area contributed by atoms with Gasteiger partial charge in [0.2, 0.25) is 15.9 Å². The van der Waals surface area contributed by atoms with Crippen LogP contribution in [0.15, 0.2) is 36.9 Å². The first-order chi connectivity index (χ1) is 9.84. The average Bonchev–Trinajstić information content (AvgIpc) is 2.41. The van der Waals surface area contributed by atoms with Crippen LogP contribution in [0.4, 0.5) is 4.39 Å². The van der Waals surface area contributed by atoms with Crippen LogP contribution < -0.4 is 5.32 Å². The second-order valence-corrected chi connectivity index (χ2v) is 6.51. The Labute approximate surface area is 124 Å². The molecule has 0 radical (unpaired) electrons. The molecule has 0 atom stereocenters. The largest absolute Gasteiger partial charge is 0.353 e. The molecule has 1 aromatic rings. The summed E-state index contributed by atoms with van der Waals surface area (Å²) in [6, 6.07) is 5.96. The molecule has 7 heteroatoms. The molecule has 0 aromatic heterocycles. The molecular weight excluding hydrogens is 295 g/mol. The Bertz CT molecular complexity index is 602. The van der Waals surface area contributed by atoms with E-state index in [-0.39, 0.29) is 31.0 Å². The summed E-state index contributed by atoms with van der Waals surface area (Å²) in [7, 11) is -3.53. The van der Waals surface area contributed by atoms with Crippen LogP contribution in [0.25, 0.3) is 0 Å². The normalized spacial score (nSPS) is 11.4. The number of rotatable bonds is 8. The molecule has 0 saturated heterocycles. The standard InChI is InChI=1S/C14H19FN2O3S/c1-3-9-16-14(18)8-10-17(21(2,19)20)11-12-6-4-5-7-13(12)15/h3-7H,1,8-11H2,2H3,(H,16,18). The smallest absolute Gasteiger partial charge is 0.221 e. The van der Waals surface area contributed by atoms with Gasteiger partial charge in [-0.25, -0.2) is 12.8 Å². The molecule has 0 unspecified atom stereocenters. The lowest BCUT2D eigenvalue weighted by atomic mass is 10.2. The van der Waals surface area contributed by atoms with Gasteiger partial charge in [-0.05, 0) is 6.07 Å². The maximum atomic E-state index is 13.6. The van der Waals surface area contributed by atoms with Crippen LogP contribution in [0.2, 0.25) is 0 Å². The summed E-state index contributed by atoms with van der Waals surface area (Å²) in [5.41, 5.74) is 0.273. The lowest BCUT2D eigenvalue weighted by molar-refractivity contribution is -0.121. The first-order valence-corrected chi connectivity index (χ1v) is 8.25. The summed E-state index contributed by atoms with van der Waals surface area (Å²) in [5, 5.41) is 2.56. The number of amides is 1. The molecule has 1 amide bonds. The fourth-order valence-electron chi connectivity index (χ4n) is 1.68. The Morgan fingerprint density at radius 3 is 2.67 bits per heavy atom. The van der Waals surface area contributed by atoms with Crippen LogP contribution in [0.3, 0.4) is 0 Å². The third-order valence-electron chi connectivity index (χ3n) is 2.81. The number of nitrogens with one attached hydrogen (secondary N) is 1. The average molecular weight is 314 g/mol. The quantitative estimate of drug-likeness (QED) is 0.735. The molecule has 0 aliphatic rings. The first kappa shape index (κ1) is 17.3. The van der Waals surface area contributed by atoms with Gasteiger partial charge in [0.25, 0.3) is 0 Å². The summed E-state index contributed by atoms with van der Waals surface area (Å²) < 4.78 is 38.1. The van der Waals surface area contributed by atoms with Crippen LogP contribution in [-0.4, -0.2) is 38.0 Å². The van der Waals surface area contributed by atoms with E-state index in [0.717, 1.165) is 10.6 Å². The van der Waals surface area contributed by atoms with E-state index < -0.39 is 15.8 Å². The first-order valence-electron chi connectivity index (χ1n) is 6.40. The van der Waals surface area contributed by atoms with Crippen LogP contribution in [-0.2, 0) is 21.4 Å². The summed E-state index contributed by atoms with van der Waals surface area (Å²) in [5.74, 6) is -0.751. The van der Waals surface area contributed by atoms with Crippen molar-refractivity contribution in [1.29, 1.82) is 0 Å². The minimum absolute atomic E-state index is 0.00383. The van der Waals surface area contributed by atoms with Crippen molar-refractivity contribution in [2.24, 2.45) is 0 Å². The number of carbonyl (C=O) groups is 1. The molecule has 21 heavy (non-hydrogen) atoms. The number of hydrogen-bond acceptors (Lipinski definition) is 3. The van der Waals surface area contributed by atoms with Crippen LogP contribution in [0.1, 0.15) is 12.0 Å². The van der Waals surface area contributed by atoms with Crippen molar-refractivity contribution in [1.82, 2.24) is 9.62 Å². The van der Waals surface area contributed by atoms with Gasteiger partial charge in [-0.1, -0.05) is 24.3 Å². The zero-order chi connectivity index (χ0) is 15.9. The number of sulfonamides is 1. The van der Waals surface area contributed by atoms with Gasteiger partial charge in [0.15, 0.2) is 0 Å². The highest BCUT2D eigenvalue weighted by molar-refractivity contribution is 7.88. The molecule has 0 fully saturated rings. The highest BCUT2D eigenvalue weighted by atomic mass is 32.2. The maximum absolute atomic E-state index is 13.6. The predicted octanol–water partition coefficient (Wildman–Crippen LogP) is 1.28. The third-order valence-corrected chi connectivity index (χ3v) is 4.06. The van der Waals surface area contributed by atoms with Gasteiger partial charge in [0.05, 0.1) is 6.26 Å². The van der Waals surface area contributed by atoms with Gasteiger partial charge in [-0.3, -0.25) is 4.79 Å². The van der Waals surface area contributed by atoms with Crippen molar-refractivity contribution < 1.29 is 17.6 Å². The highest BCUT2D eigenvalue weighted by Gasteiger charge is 2.19. The Morgan fingerprint density at radius 2 is 2.10 bits per heavy atom. The van der Waals surface area contributed by atoms with Gasteiger partial charge in [-0.2, -0.15) is 4.31 Å². The summed E-state index contributed by atoms with van der Waals surface area (Å²) >= 11 is 0. The van der Waals surface area contributed by atoms with Crippen molar-refractivity contribution in [2.45, 2.75) is 13.0 Å². The summed E-state index contributed by atoms with van der Waals surface area (Å²) in [4.78, 5) is 11.5. The van der Waals surface area contributed by atoms with E-state index in [9.17, 15) is 17.6 Å². The summed E-state index contributed by atoms with van der Waals surface area (Å²) in [6.45, 7) is 3.69. The Balaban J connectivity index is 2.72. The lowest BCUT2D eigenvalue weighted by Gasteiger charge is -2.20. The zero-order valence-corrected chi connectivity index (χ0v) is 12.7. The van der Waals surface area contributed by atoms with Gasteiger partial charge in [0.1, 0.15) is 5.82 Å². The second-order valence-electron chi connectivity index (χ2n) is 4.53. The number of carbonyl (C=O) groups excluding carboxylic acids is 1. The zero-order valence-electron chi connectivity index (χ0n) is 11.9. The van der Waals surface area contributed by atoms with Crippen molar-refractivity contribution in [2.75, 3.05) is 19.3 Å². The number of halogens is 1. The van der Waals surface area contributed by atoms with Crippen molar-refractivity contribution in [3.63, 3.8) is 0 Å². The molecule has 5 nitrogen and oxygen atoms in total. The van der Waals surface area contributed by atoms with Gasteiger partial charge in [0, 0.05) is 31.6 Å². The minimum atomic E-state index is -3.53. The molecule has 0 aliphatic heterocycles. The Morgan fingerprint density at radius 1 is 1.43 bits per heavy atom. The molecule has 1 N–H and O–H groups in total. The molecule has 0 bridgehead atoms. The van der Waals surface area contributed by atoms with Crippen LogP contribution >= 0.6 is 0 Å². The van der Waals surface area contributed by atoms with Crippen molar-refractivity contribution in [3.8, 4) is 0 Å². The van der Waals surface area contributed by atoms with Gasteiger partial charge >= 0.3 is 0 Å². The number of benzene rings is 1. The fourth-order valence-corrected chi connectivity index (χ4v) is 2.48. The topological polar surface area (TPSA) is 66.5 Å². The molecule has 0 saturated carbocycles. The monoisotopic (exact) mass is 314 g/mol. The van der Waals surface area contributed by atoms with Gasteiger partial charge < -0.3 is 5.32 Å². The SMILES string of the molecule is C=CCNC(=O)CCN(Cc1ccccc1F)S(C)(=O)=O. The number of nitrogens with zero attached hydrogens (tertiary/aromatic N) is 1. The molecule has 0 aliphatic carbocycles. The fraction of sp³-hybridized carbons (Fsp3) is 0.357. The van der Waals surface area contributed by atoms with E-state index in [4.69, 9.17) is 0 Å². The van der Waals surface area contributed by atoms with Crippen molar-refractivity contribution >= 4 is 15.9 Å². The summed E-state index contributed by atoms with van der Waals surface area (Å²) in [6.07, 6.45) is 2.58. The van der Waals surface area contributed by atoms with E-state index in [2.05, 4.69) is 11.9 Å². The molecule has 0 heterocycles. The number of hydrogen-bond donors (Lipinski definition) is 1. The predicted molar refractivity (Wildman–Crippen MR) is 79.5 cm³/mol. The van der Waals surface area contributed by atoms with Crippen LogP contribution in [0, 0.1) is 5.82 Å². The maximum Gasteiger partial charge on any atom is 0.221 e. The highest BCUT2D eigenvalue weighted by Crippen LogP contribution is 2.12. The molecule has 0 spiro atoms. The molecule has 1 rings (SSSR count). The van der Waals surface area contributed by atoms with E-state index in [1.54, 1.807) is 6.07 Å². The minimum Gasteiger partial charge on any atom is -0.353 e. The van der Waals surface area contributed by atoms with E-state index in [1.165, 1.54) is 24.3 Å². The Hall–Kier alpha value is -1.73. The Kier molecular flexibility index (Phi) is 6.51. The molecule has 116 valence electrons. The third kappa shape index (κ3) is 6.05. The molecular formula is C14H19FN2O3S. The van der Waals surface area contributed by atoms with Gasteiger partial charge in [-0.15, -0.1) is 6.58 Å². The lowest BCUT2D eigenvalue weighted by Crippen LogP contribution is -2.34.